The van der Waals surface area contributed by atoms with Crippen LogP contribution in [0.1, 0.15) is 49.7 Å². The number of pyridine rings is 2. The molecule has 6 aliphatic rings. The first-order chi connectivity index (χ1) is 26.6. The molecule has 10 rings (SSSR count). The molecule has 2 saturated carbocycles. The lowest BCUT2D eigenvalue weighted by Crippen LogP contribution is -2.51. The monoisotopic (exact) mass is 818 g/mol. The zero-order valence-electron chi connectivity index (χ0n) is 29.9. The van der Waals surface area contributed by atoms with Gasteiger partial charge in [-0.2, -0.15) is 26.3 Å². The largest absolute Gasteiger partial charge is 0.416 e. The Labute approximate surface area is 329 Å². The van der Waals surface area contributed by atoms with Gasteiger partial charge >= 0.3 is 18.4 Å². The lowest BCUT2D eigenvalue weighted by Gasteiger charge is -2.36. The molecule has 4 aliphatic heterocycles. The fraction of sp³-hybridized carbons (Fsp3) is 0.410. The molecule has 4 N–H and O–H groups in total. The van der Waals surface area contributed by atoms with Crippen molar-refractivity contribution in [1.29, 1.82) is 0 Å². The van der Waals surface area contributed by atoms with Gasteiger partial charge in [0, 0.05) is 55.4 Å². The van der Waals surface area contributed by atoms with Gasteiger partial charge in [0.1, 0.15) is 0 Å². The second-order valence-electron chi connectivity index (χ2n) is 14.9. The topological polar surface area (TPSA) is 103 Å². The maximum absolute atomic E-state index is 13.1. The first kappa shape index (κ1) is 38.4. The molecule has 9 nitrogen and oxygen atoms in total. The van der Waals surface area contributed by atoms with E-state index in [0.717, 1.165) is 81.0 Å². The Hall–Kier alpha value is -4.47. The van der Waals surface area contributed by atoms with Crippen LogP contribution in [0.2, 0.25) is 10.0 Å². The number of amides is 2. The molecule has 6 heterocycles. The molecular formula is C39H38Cl2F6N8O. The van der Waals surface area contributed by atoms with Gasteiger partial charge in [0.2, 0.25) is 0 Å². The summed E-state index contributed by atoms with van der Waals surface area (Å²) in [6, 6.07) is 14.4. The van der Waals surface area contributed by atoms with Crippen LogP contribution in [0.15, 0.2) is 60.7 Å². The smallest absolute Gasteiger partial charge is 0.366 e. The van der Waals surface area contributed by atoms with Crippen LogP contribution in [0.25, 0.3) is 22.5 Å². The van der Waals surface area contributed by atoms with Crippen molar-refractivity contribution in [2.75, 3.05) is 46.2 Å². The number of benzene rings is 2. The van der Waals surface area contributed by atoms with Crippen molar-refractivity contribution < 1.29 is 31.1 Å². The van der Waals surface area contributed by atoms with Crippen molar-refractivity contribution in [1.82, 2.24) is 15.3 Å². The number of nitrogens with two attached hydrogens (primary N) is 1. The van der Waals surface area contributed by atoms with Gasteiger partial charge in [-0.15, -0.1) is 0 Å². The summed E-state index contributed by atoms with van der Waals surface area (Å²) < 4.78 is 78.1. The molecule has 0 spiro atoms. The zero-order valence-corrected chi connectivity index (χ0v) is 31.4. The maximum Gasteiger partial charge on any atom is 0.416 e. The number of rotatable bonds is 3. The fourth-order valence-electron chi connectivity index (χ4n) is 7.26. The highest BCUT2D eigenvalue weighted by atomic mass is 35.5. The average molecular weight is 820 g/mol. The lowest BCUT2D eigenvalue weighted by atomic mass is 10.1. The van der Waals surface area contributed by atoms with Crippen molar-refractivity contribution in [2.24, 2.45) is 5.73 Å². The molecule has 4 fully saturated rings. The third-order valence-electron chi connectivity index (χ3n) is 10.5. The van der Waals surface area contributed by atoms with Crippen LogP contribution in [0, 0.1) is 0 Å². The van der Waals surface area contributed by atoms with Crippen LogP contribution < -0.4 is 31.1 Å². The molecule has 56 heavy (non-hydrogen) atoms. The number of carbonyl (C=O) groups is 1. The molecule has 0 unspecified atom stereocenters. The van der Waals surface area contributed by atoms with Crippen molar-refractivity contribution in [3.63, 3.8) is 0 Å². The van der Waals surface area contributed by atoms with E-state index in [1.54, 1.807) is 29.2 Å². The van der Waals surface area contributed by atoms with Crippen LogP contribution in [-0.4, -0.2) is 66.3 Å². The molecule has 2 aliphatic carbocycles. The first-order valence-electron chi connectivity index (χ1n) is 18.5. The number of urea groups is 1. The van der Waals surface area contributed by atoms with Crippen molar-refractivity contribution >= 4 is 52.2 Å². The Morgan fingerprint density at radius 2 is 1.30 bits per heavy atom. The number of alkyl halides is 6. The van der Waals surface area contributed by atoms with Crippen molar-refractivity contribution in [3.05, 3.63) is 81.8 Å². The summed E-state index contributed by atoms with van der Waals surface area (Å²) >= 11 is 12.7. The van der Waals surface area contributed by atoms with Crippen LogP contribution in [0.4, 0.5) is 54.1 Å². The highest BCUT2D eigenvalue weighted by molar-refractivity contribution is 6.34. The number of halogens is 8. The molecule has 4 aromatic rings. The minimum Gasteiger partial charge on any atom is -0.366 e. The van der Waals surface area contributed by atoms with E-state index in [0.29, 0.717) is 46.5 Å². The van der Waals surface area contributed by atoms with Gasteiger partial charge in [0.15, 0.2) is 11.6 Å². The Morgan fingerprint density at radius 1 is 0.750 bits per heavy atom. The van der Waals surface area contributed by atoms with Crippen LogP contribution in [0.3, 0.4) is 0 Å². The van der Waals surface area contributed by atoms with E-state index in [1.165, 1.54) is 25.0 Å². The average Bonchev–Trinajstić information content (AvgIpc) is 4.07. The number of aromatic nitrogens is 2. The molecule has 2 aromatic carbocycles. The van der Waals surface area contributed by atoms with Gasteiger partial charge in [-0.1, -0.05) is 47.5 Å². The Balaban J connectivity index is 0.000000146. The second kappa shape index (κ2) is 14.8. The van der Waals surface area contributed by atoms with Gasteiger partial charge in [-0.3, -0.25) is 4.90 Å². The quantitative estimate of drug-likeness (QED) is 0.177. The normalized spacial score (nSPS) is 20.6. The lowest BCUT2D eigenvalue weighted by molar-refractivity contribution is -0.138. The van der Waals surface area contributed by atoms with E-state index in [2.05, 4.69) is 30.4 Å². The highest BCUT2D eigenvalue weighted by Crippen LogP contribution is 2.44. The number of anilines is 4. The third kappa shape index (κ3) is 8.16. The summed E-state index contributed by atoms with van der Waals surface area (Å²) in [6.45, 7) is 3.33. The standard InChI is InChI=1S/C20H18ClF3N4O.C16H13ClF3N3.C3H7N/c21-15-9-16-18(26-17(15)11-2-1-3-12(8-11)20(22,23)24)28(14-6-7-27(16)10-14)19(29)25-13-4-5-13;17-12-7-13-15(21-11-4-5-23(13)8-11)22-14(12)9-2-1-3-10(6-9)16(18,19)20;4-3-1-2-3/h1-3,8-9,13-14H,4-7,10H2,(H,25,29);1-3,6-7,11H,4-5,8H2,(H,21,22);3H,1-2,4H2/t14-;11-;/m00./s1. The zero-order chi connectivity index (χ0) is 39.5. The molecule has 2 aromatic heterocycles. The van der Waals surface area contributed by atoms with E-state index >= 15 is 0 Å². The van der Waals surface area contributed by atoms with E-state index < -0.39 is 23.5 Å². The summed E-state index contributed by atoms with van der Waals surface area (Å²) in [5.74, 6) is 1.14. The predicted octanol–water partition coefficient (Wildman–Crippen LogP) is 9.22. The Bertz CT molecular complexity index is 2140. The van der Waals surface area contributed by atoms with Crippen LogP contribution in [0.5, 0.6) is 0 Å². The van der Waals surface area contributed by atoms with Crippen LogP contribution >= 0.6 is 23.2 Å². The maximum atomic E-state index is 13.1. The second-order valence-corrected chi connectivity index (χ2v) is 15.7. The first-order valence-corrected chi connectivity index (χ1v) is 19.3. The third-order valence-corrected chi connectivity index (χ3v) is 11.1. The number of hydrogen-bond acceptors (Lipinski definition) is 7. The number of carbonyl (C=O) groups excluding carboxylic acids is 1. The SMILES string of the molecule is FC(F)(F)c1cccc(-c2nc3c(cc2Cl)N2CC[C@@H](C2)N3)c1.NC1CC1.O=C(NC1CC1)N1c2nc(-c3cccc(C(F)(F)F)c3)c(Cl)cc2N2CC[C@H]1C2. The van der Waals surface area contributed by atoms with Gasteiger partial charge in [-0.25, -0.2) is 14.8 Å². The summed E-state index contributed by atoms with van der Waals surface area (Å²) in [4.78, 5) is 28.0. The molecule has 0 radical (unpaired) electrons. The summed E-state index contributed by atoms with van der Waals surface area (Å²) in [6.07, 6.45) is -2.56. The number of nitrogens with zero attached hydrogens (tertiary/aromatic N) is 5. The van der Waals surface area contributed by atoms with E-state index in [1.807, 2.05) is 0 Å². The summed E-state index contributed by atoms with van der Waals surface area (Å²) in [5.41, 5.74) is 6.64. The molecule has 17 heteroatoms. The van der Waals surface area contributed by atoms with Gasteiger partial charge < -0.3 is 26.2 Å². The van der Waals surface area contributed by atoms with Crippen molar-refractivity contribution in [3.8, 4) is 22.5 Å². The molecule has 296 valence electrons. The van der Waals surface area contributed by atoms with E-state index in [9.17, 15) is 31.1 Å². The Kier molecular flexibility index (Phi) is 10.1. The van der Waals surface area contributed by atoms with E-state index in [-0.39, 0.29) is 34.4 Å². The summed E-state index contributed by atoms with van der Waals surface area (Å²) in [7, 11) is 0. The van der Waals surface area contributed by atoms with Gasteiger partial charge in [-0.05, 0) is 74.9 Å². The van der Waals surface area contributed by atoms with Gasteiger partial charge in [0.25, 0.3) is 0 Å². The summed E-state index contributed by atoms with van der Waals surface area (Å²) in [5, 5.41) is 6.95. The minimum absolute atomic E-state index is 0.00992. The minimum atomic E-state index is -4.46. The predicted molar refractivity (Wildman–Crippen MR) is 205 cm³/mol. The number of fused-ring (bicyclic) bond motifs is 8. The highest BCUT2D eigenvalue weighted by Gasteiger charge is 2.42. The molecule has 4 bridgehead atoms. The number of hydrogen-bond donors (Lipinski definition) is 3. The number of nitrogens with one attached hydrogen (secondary N) is 2. The van der Waals surface area contributed by atoms with Crippen molar-refractivity contribution in [2.45, 2.75) is 75.0 Å². The Morgan fingerprint density at radius 3 is 1.88 bits per heavy atom. The van der Waals surface area contributed by atoms with Gasteiger partial charge in [0.05, 0.1) is 50.0 Å². The van der Waals surface area contributed by atoms with E-state index in [4.69, 9.17) is 28.9 Å². The molecule has 2 saturated heterocycles. The van der Waals surface area contributed by atoms with Crippen LogP contribution in [-0.2, 0) is 12.4 Å². The molecule has 2 amide bonds. The fourth-order valence-corrected chi connectivity index (χ4v) is 7.77. The molecular weight excluding hydrogens is 781 g/mol. The molecule has 2 atom stereocenters.